The molecular formula is C20H28O4. The van der Waals surface area contributed by atoms with Gasteiger partial charge in [0, 0.05) is 18.4 Å². The second kappa shape index (κ2) is 11.5. The number of unbranched alkanes of at least 4 members (excludes halogenated alkanes) is 6. The van der Waals surface area contributed by atoms with E-state index in [9.17, 15) is 14.4 Å². The number of ketones is 2. The van der Waals surface area contributed by atoms with Crippen molar-refractivity contribution in [2.24, 2.45) is 0 Å². The van der Waals surface area contributed by atoms with E-state index in [4.69, 9.17) is 5.11 Å². The van der Waals surface area contributed by atoms with Crippen LogP contribution in [0.3, 0.4) is 0 Å². The SMILES string of the molecule is CC(=O)CCCCCCCCCC(=O)c1ccccc1CC(=O)O. The molecule has 132 valence electrons. The van der Waals surface area contributed by atoms with Crippen LogP contribution in [-0.4, -0.2) is 22.6 Å². The van der Waals surface area contributed by atoms with Crippen molar-refractivity contribution in [2.75, 3.05) is 0 Å². The van der Waals surface area contributed by atoms with E-state index < -0.39 is 5.97 Å². The van der Waals surface area contributed by atoms with Crippen LogP contribution in [0.5, 0.6) is 0 Å². The predicted molar refractivity (Wildman–Crippen MR) is 94.3 cm³/mol. The molecule has 0 unspecified atom stereocenters. The highest BCUT2D eigenvalue weighted by molar-refractivity contribution is 5.98. The Hall–Kier alpha value is -1.97. The number of hydrogen-bond donors (Lipinski definition) is 1. The van der Waals surface area contributed by atoms with E-state index in [1.54, 1.807) is 31.2 Å². The number of rotatable bonds is 13. The zero-order chi connectivity index (χ0) is 17.8. The lowest BCUT2D eigenvalue weighted by atomic mass is 9.97. The Morgan fingerprint density at radius 1 is 0.833 bits per heavy atom. The second-order valence-electron chi connectivity index (χ2n) is 6.33. The van der Waals surface area contributed by atoms with Gasteiger partial charge < -0.3 is 9.90 Å². The van der Waals surface area contributed by atoms with Crippen LogP contribution in [0.15, 0.2) is 24.3 Å². The van der Waals surface area contributed by atoms with E-state index >= 15 is 0 Å². The number of benzene rings is 1. The third kappa shape index (κ3) is 8.61. The third-order valence-electron chi connectivity index (χ3n) is 4.09. The van der Waals surface area contributed by atoms with Crippen molar-refractivity contribution >= 4 is 17.5 Å². The zero-order valence-electron chi connectivity index (χ0n) is 14.6. The average molecular weight is 332 g/mol. The Morgan fingerprint density at radius 3 is 1.96 bits per heavy atom. The molecule has 0 heterocycles. The van der Waals surface area contributed by atoms with E-state index in [1.165, 1.54) is 0 Å². The summed E-state index contributed by atoms with van der Waals surface area (Å²) < 4.78 is 0. The van der Waals surface area contributed by atoms with Gasteiger partial charge in [0.25, 0.3) is 0 Å². The molecule has 1 N–H and O–H groups in total. The van der Waals surface area contributed by atoms with Crippen LogP contribution in [0.1, 0.15) is 80.6 Å². The maximum Gasteiger partial charge on any atom is 0.307 e. The van der Waals surface area contributed by atoms with Crippen LogP contribution in [0, 0.1) is 0 Å². The van der Waals surface area contributed by atoms with Crippen molar-refractivity contribution in [3.63, 3.8) is 0 Å². The standard InChI is InChI=1S/C20H28O4/c1-16(21)11-7-5-3-2-4-6-8-14-19(22)18-13-10-9-12-17(18)15-20(23)24/h9-10,12-13H,2-8,11,14-15H2,1H3,(H,23,24). The van der Waals surface area contributed by atoms with E-state index in [-0.39, 0.29) is 18.0 Å². The van der Waals surface area contributed by atoms with Gasteiger partial charge in [-0.1, -0.05) is 56.4 Å². The summed E-state index contributed by atoms with van der Waals surface area (Å²) >= 11 is 0. The van der Waals surface area contributed by atoms with Crippen LogP contribution in [0.2, 0.25) is 0 Å². The molecule has 0 aliphatic heterocycles. The lowest BCUT2D eigenvalue weighted by Crippen LogP contribution is -2.08. The van der Waals surface area contributed by atoms with Gasteiger partial charge in [-0.25, -0.2) is 0 Å². The molecule has 1 rings (SSSR count). The predicted octanol–water partition coefficient (Wildman–Crippen LogP) is 4.60. The first-order chi connectivity index (χ1) is 11.5. The van der Waals surface area contributed by atoms with Crippen molar-refractivity contribution < 1.29 is 19.5 Å². The molecule has 0 saturated carbocycles. The van der Waals surface area contributed by atoms with Crippen molar-refractivity contribution in [1.82, 2.24) is 0 Å². The normalized spacial score (nSPS) is 10.5. The Morgan fingerprint density at radius 2 is 1.38 bits per heavy atom. The second-order valence-corrected chi connectivity index (χ2v) is 6.33. The van der Waals surface area contributed by atoms with Crippen LogP contribution >= 0.6 is 0 Å². The minimum atomic E-state index is -0.917. The molecule has 0 aliphatic rings. The molecule has 1 aromatic rings. The molecule has 0 atom stereocenters. The number of carbonyl (C=O) groups excluding carboxylic acids is 2. The molecule has 4 nitrogen and oxygen atoms in total. The summed E-state index contributed by atoms with van der Waals surface area (Å²) in [6.45, 7) is 1.63. The average Bonchev–Trinajstić information content (AvgIpc) is 2.52. The van der Waals surface area contributed by atoms with Gasteiger partial charge in [-0.2, -0.15) is 0 Å². The van der Waals surface area contributed by atoms with Gasteiger partial charge in [0.1, 0.15) is 5.78 Å². The summed E-state index contributed by atoms with van der Waals surface area (Å²) in [6, 6.07) is 6.97. The van der Waals surface area contributed by atoms with E-state index in [0.29, 0.717) is 24.0 Å². The number of carbonyl (C=O) groups is 3. The number of carboxylic acid groups (broad SMARTS) is 1. The quantitative estimate of drug-likeness (QED) is 0.423. The molecule has 4 heteroatoms. The van der Waals surface area contributed by atoms with Gasteiger partial charge >= 0.3 is 5.97 Å². The number of aliphatic carboxylic acids is 1. The van der Waals surface area contributed by atoms with Crippen molar-refractivity contribution in [3.05, 3.63) is 35.4 Å². The Kier molecular flexibility index (Phi) is 9.66. The number of Topliss-reactive ketones (excluding diaryl/α,β-unsaturated/α-hetero) is 2. The van der Waals surface area contributed by atoms with Crippen molar-refractivity contribution in [2.45, 2.75) is 71.1 Å². The summed E-state index contributed by atoms with van der Waals surface area (Å²) in [6.07, 6.45) is 8.37. The van der Waals surface area contributed by atoms with Gasteiger partial charge in [-0.15, -0.1) is 0 Å². The molecule has 1 aromatic carbocycles. The third-order valence-corrected chi connectivity index (χ3v) is 4.09. The van der Waals surface area contributed by atoms with Crippen LogP contribution in [-0.2, 0) is 16.0 Å². The first kappa shape index (κ1) is 20.1. The molecule has 0 aromatic heterocycles. The number of carboxylic acids is 1. The number of hydrogen-bond acceptors (Lipinski definition) is 3. The van der Waals surface area contributed by atoms with Gasteiger partial charge in [0.15, 0.2) is 5.78 Å². The van der Waals surface area contributed by atoms with Crippen LogP contribution in [0.4, 0.5) is 0 Å². The zero-order valence-corrected chi connectivity index (χ0v) is 14.6. The van der Waals surface area contributed by atoms with E-state index in [1.807, 2.05) is 0 Å². The highest BCUT2D eigenvalue weighted by Crippen LogP contribution is 2.15. The van der Waals surface area contributed by atoms with Crippen LogP contribution in [0.25, 0.3) is 0 Å². The molecule has 0 saturated heterocycles. The largest absolute Gasteiger partial charge is 0.481 e. The van der Waals surface area contributed by atoms with Gasteiger partial charge in [0.05, 0.1) is 6.42 Å². The fourth-order valence-corrected chi connectivity index (χ4v) is 2.79. The fraction of sp³-hybridized carbons (Fsp3) is 0.550. The Bertz CT molecular complexity index is 548. The maximum atomic E-state index is 12.3. The van der Waals surface area contributed by atoms with E-state index in [2.05, 4.69) is 0 Å². The maximum absolute atomic E-state index is 12.3. The summed E-state index contributed by atoms with van der Waals surface area (Å²) in [7, 11) is 0. The Labute approximate surface area is 144 Å². The lowest BCUT2D eigenvalue weighted by Gasteiger charge is -2.07. The first-order valence-electron chi connectivity index (χ1n) is 8.83. The summed E-state index contributed by atoms with van der Waals surface area (Å²) in [5, 5.41) is 8.91. The minimum Gasteiger partial charge on any atom is -0.481 e. The highest BCUT2D eigenvalue weighted by Gasteiger charge is 2.12. The smallest absolute Gasteiger partial charge is 0.307 e. The fourth-order valence-electron chi connectivity index (χ4n) is 2.79. The van der Waals surface area contributed by atoms with Gasteiger partial charge in [-0.05, 0) is 25.3 Å². The molecular weight excluding hydrogens is 304 g/mol. The van der Waals surface area contributed by atoms with Crippen molar-refractivity contribution in [1.29, 1.82) is 0 Å². The molecule has 0 bridgehead atoms. The lowest BCUT2D eigenvalue weighted by molar-refractivity contribution is -0.136. The summed E-state index contributed by atoms with van der Waals surface area (Å²) in [5.41, 5.74) is 1.14. The van der Waals surface area contributed by atoms with Gasteiger partial charge in [0.2, 0.25) is 0 Å². The van der Waals surface area contributed by atoms with E-state index in [0.717, 1.165) is 44.9 Å². The molecule has 24 heavy (non-hydrogen) atoms. The molecule has 0 radical (unpaired) electrons. The van der Waals surface area contributed by atoms with Crippen molar-refractivity contribution in [3.8, 4) is 0 Å². The topological polar surface area (TPSA) is 71.4 Å². The first-order valence-corrected chi connectivity index (χ1v) is 8.83. The highest BCUT2D eigenvalue weighted by atomic mass is 16.4. The monoisotopic (exact) mass is 332 g/mol. The molecule has 0 amide bonds. The summed E-state index contributed by atoms with van der Waals surface area (Å²) in [5.74, 6) is -0.620. The van der Waals surface area contributed by atoms with Crippen LogP contribution < -0.4 is 0 Å². The minimum absolute atomic E-state index is 0.0355. The summed E-state index contributed by atoms with van der Waals surface area (Å²) in [4.78, 5) is 33.9. The molecule has 0 spiro atoms. The van der Waals surface area contributed by atoms with Gasteiger partial charge in [-0.3, -0.25) is 9.59 Å². The molecule has 0 fully saturated rings. The Balaban J connectivity index is 2.20. The molecule has 0 aliphatic carbocycles.